The lowest BCUT2D eigenvalue weighted by atomic mass is 10.1. The molecule has 1 saturated heterocycles. The van der Waals surface area contributed by atoms with Crippen LogP contribution < -0.4 is 0 Å². The van der Waals surface area contributed by atoms with Crippen molar-refractivity contribution in [3.05, 3.63) is 0 Å². The van der Waals surface area contributed by atoms with Gasteiger partial charge in [-0.15, -0.1) is 0 Å². The van der Waals surface area contributed by atoms with Gasteiger partial charge in [0.1, 0.15) is 5.71 Å². The van der Waals surface area contributed by atoms with Crippen LogP contribution in [-0.2, 0) is 4.79 Å². The minimum atomic E-state index is 0.193. The second-order valence-electron chi connectivity index (χ2n) is 3.69. The number of hydrogen-bond acceptors (Lipinski definition) is 3. The lowest BCUT2D eigenvalue weighted by molar-refractivity contribution is -0.112. The Balaban J connectivity index is 2.56. The summed E-state index contributed by atoms with van der Waals surface area (Å²) < 4.78 is 0. The van der Waals surface area contributed by atoms with Crippen LogP contribution in [0.5, 0.6) is 0 Å². The van der Waals surface area contributed by atoms with E-state index < -0.39 is 0 Å². The molecule has 3 nitrogen and oxygen atoms in total. The van der Waals surface area contributed by atoms with Crippen molar-refractivity contribution in [3.63, 3.8) is 0 Å². The highest BCUT2D eigenvalue weighted by Gasteiger charge is 2.11. The summed E-state index contributed by atoms with van der Waals surface area (Å²) in [5, 5.41) is 6.48. The minimum absolute atomic E-state index is 0.193. The maximum absolute atomic E-state index is 11.5. The normalized spacial score (nSPS) is 18.4. The van der Waals surface area contributed by atoms with Gasteiger partial charge in [0.2, 0.25) is 0 Å². The van der Waals surface area contributed by atoms with Crippen LogP contribution in [0.3, 0.4) is 0 Å². The monoisotopic (exact) mass is 196 g/mol. The quantitative estimate of drug-likeness (QED) is 0.646. The van der Waals surface area contributed by atoms with E-state index in [-0.39, 0.29) is 5.78 Å². The molecule has 0 unspecified atom stereocenters. The largest absolute Gasteiger partial charge is 0.297 e. The number of carbonyl (C=O) groups excluding carboxylic acids is 1. The van der Waals surface area contributed by atoms with Crippen LogP contribution >= 0.6 is 0 Å². The van der Waals surface area contributed by atoms with Crippen molar-refractivity contribution < 1.29 is 4.79 Å². The molecule has 0 aliphatic carbocycles. The summed E-state index contributed by atoms with van der Waals surface area (Å²) in [4.78, 5) is 11.5. The van der Waals surface area contributed by atoms with Crippen LogP contribution in [0.2, 0.25) is 0 Å². The molecular weight excluding hydrogens is 176 g/mol. The zero-order chi connectivity index (χ0) is 10.4. The highest BCUT2D eigenvalue weighted by molar-refractivity contribution is 6.39. The fraction of sp³-hybridized carbons (Fsp3) is 0.818. The van der Waals surface area contributed by atoms with Crippen molar-refractivity contribution in [2.24, 2.45) is 5.10 Å². The zero-order valence-corrected chi connectivity index (χ0v) is 9.25. The molecule has 1 rings (SSSR count). The predicted molar refractivity (Wildman–Crippen MR) is 58.4 cm³/mol. The van der Waals surface area contributed by atoms with E-state index in [4.69, 9.17) is 0 Å². The lowest BCUT2D eigenvalue weighted by Crippen LogP contribution is -2.27. The molecule has 1 heterocycles. The first-order chi connectivity index (χ1) is 6.77. The summed E-state index contributed by atoms with van der Waals surface area (Å²) in [6, 6.07) is 0. The highest BCUT2D eigenvalue weighted by atomic mass is 16.1. The smallest absolute Gasteiger partial charge is 0.178 e. The maximum atomic E-state index is 11.5. The van der Waals surface area contributed by atoms with Gasteiger partial charge < -0.3 is 0 Å². The van der Waals surface area contributed by atoms with Gasteiger partial charge >= 0.3 is 0 Å². The van der Waals surface area contributed by atoms with Gasteiger partial charge in [-0.2, -0.15) is 5.10 Å². The number of carbonyl (C=O) groups is 1. The van der Waals surface area contributed by atoms with Crippen LogP contribution in [0.1, 0.15) is 46.0 Å². The Morgan fingerprint density at radius 2 is 1.79 bits per heavy atom. The van der Waals surface area contributed by atoms with Crippen molar-refractivity contribution in [3.8, 4) is 0 Å². The summed E-state index contributed by atoms with van der Waals surface area (Å²) in [6.45, 7) is 5.92. The molecule has 0 atom stereocenters. The first kappa shape index (κ1) is 11.2. The Bertz CT molecular complexity index is 217. The van der Waals surface area contributed by atoms with Crippen molar-refractivity contribution >= 4 is 11.5 Å². The number of hydrazone groups is 1. The number of rotatable bonds is 4. The SMILES string of the molecule is CCC(=O)C(CC)=NN1CCCCC1. The van der Waals surface area contributed by atoms with Crippen molar-refractivity contribution in [1.82, 2.24) is 5.01 Å². The van der Waals surface area contributed by atoms with E-state index in [1.807, 2.05) is 13.8 Å². The van der Waals surface area contributed by atoms with Crippen molar-refractivity contribution in [2.75, 3.05) is 13.1 Å². The van der Waals surface area contributed by atoms with E-state index in [0.717, 1.165) is 25.2 Å². The van der Waals surface area contributed by atoms with Gasteiger partial charge in [-0.3, -0.25) is 9.80 Å². The molecule has 0 bridgehead atoms. The summed E-state index contributed by atoms with van der Waals surface area (Å²) >= 11 is 0. The van der Waals surface area contributed by atoms with E-state index in [1.54, 1.807) is 0 Å². The van der Waals surface area contributed by atoms with E-state index in [0.29, 0.717) is 6.42 Å². The molecule has 3 heteroatoms. The van der Waals surface area contributed by atoms with Crippen LogP contribution in [0.25, 0.3) is 0 Å². The second kappa shape index (κ2) is 5.78. The van der Waals surface area contributed by atoms with Gasteiger partial charge in [0, 0.05) is 19.5 Å². The molecule has 0 aromatic rings. The number of hydrogen-bond donors (Lipinski definition) is 0. The van der Waals surface area contributed by atoms with Gasteiger partial charge in [-0.1, -0.05) is 13.8 Å². The van der Waals surface area contributed by atoms with Gasteiger partial charge in [0.05, 0.1) is 0 Å². The Hall–Kier alpha value is -0.860. The predicted octanol–water partition coefficient (Wildman–Crippen LogP) is 2.22. The molecule has 0 amide bonds. The number of piperidine rings is 1. The fourth-order valence-electron chi connectivity index (χ4n) is 1.68. The summed E-state index contributed by atoms with van der Waals surface area (Å²) in [6.07, 6.45) is 5.04. The molecule has 0 N–H and O–H groups in total. The van der Waals surface area contributed by atoms with E-state index in [1.165, 1.54) is 19.3 Å². The molecule has 0 radical (unpaired) electrons. The summed E-state index contributed by atoms with van der Waals surface area (Å²) in [7, 11) is 0. The fourth-order valence-corrected chi connectivity index (χ4v) is 1.68. The Morgan fingerprint density at radius 1 is 1.14 bits per heavy atom. The average Bonchev–Trinajstić information content (AvgIpc) is 2.26. The molecule has 14 heavy (non-hydrogen) atoms. The third-order valence-corrected chi connectivity index (χ3v) is 2.57. The van der Waals surface area contributed by atoms with Crippen LogP contribution in [-0.4, -0.2) is 29.6 Å². The minimum Gasteiger partial charge on any atom is -0.297 e. The molecule has 1 fully saturated rings. The Labute approximate surface area is 86.2 Å². The van der Waals surface area contributed by atoms with Crippen LogP contribution in [0, 0.1) is 0 Å². The lowest BCUT2D eigenvalue weighted by Gasteiger charge is -2.24. The van der Waals surface area contributed by atoms with E-state index >= 15 is 0 Å². The maximum Gasteiger partial charge on any atom is 0.178 e. The first-order valence-electron chi connectivity index (χ1n) is 5.63. The van der Waals surface area contributed by atoms with Crippen LogP contribution in [0.15, 0.2) is 5.10 Å². The molecule has 0 spiro atoms. The molecule has 1 aliphatic heterocycles. The molecular formula is C11H20N2O. The van der Waals surface area contributed by atoms with Crippen molar-refractivity contribution in [2.45, 2.75) is 46.0 Å². The second-order valence-corrected chi connectivity index (χ2v) is 3.69. The van der Waals surface area contributed by atoms with Gasteiger partial charge in [0.15, 0.2) is 5.78 Å². The molecule has 80 valence electrons. The Morgan fingerprint density at radius 3 is 2.29 bits per heavy atom. The summed E-state index contributed by atoms with van der Waals surface area (Å²) in [5.41, 5.74) is 0.745. The molecule has 0 aromatic heterocycles. The van der Waals surface area contributed by atoms with Gasteiger partial charge in [0.25, 0.3) is 0 Å². The third kappa shape index (κ3) is 3.13. The number of Topliss-reactive ketones (excluding diaryl/α,β-unsaturated/α-hetero) is 1. The standard InChI is InChI=1S/C11H20N2O/c1-3-10(11(14)4-2)12-13-8-6-5-7-9-13/h3-9H2,1-2H3. The molecule has 0 aromatic carbocycles. The third-order valence-electron chi connectivity index (χ3n) is 2.57. The Kier molecular flexibility index (Phi) is 4.63. The van der Waals surface area contributed by atoms with E-state index in [9.17, 15) is 4.79 Å². The average molecular weight is 196 g/mol. The number of nitrogens with zero attached hydrogens (tertiary/aromatic N) is 2. The highest BCUT2D eigenvalue weighted by Crippen LogP contribution is 2.09. The zero-order valence-electron chi connectivity index (χ0n) is 9.25. The first-order valence-corrected chi connectivity index (χ1v) is 5.63. The van der Waals surface area contributed by atoms with E-state index in [2.05, 4.69) is 10.1 Å². The summed E-state index contributed by atoms with van der Waals surface area (Å²) in [5.74, 6) is 0.193. The van der Waals surface area contributed by atoms with Gasteiger partial charge in [-0.25, -0.2) is 0 Å². The molecule has 0 saturated carbocycles. The van der Waals surface area contributed by atoms with Crippen LogP contribution in [0.4, 0.5) is 0 Å². The number of ketones is 1. The van der Waals surface area contributed by atoms with Crippen molar-refractivity contribution in [1.29, 1.82) is 0 Å². The van der Waals surface area contributed by atoms with Gasteiger partial charge in [-0.05, 0) is 25.7 Å². The molecule has 1 aliphatic rings. The topological polar surface area (TPSA) is 32.7 Å².